The fraction of sp³-hybridized carbons (Fsp3) is 0.500. The third-order valence-electron chi connectivity index (χ3n) is 5.29. The van der Waals surface area contributed by atoms with Crippen molar-refractivity contribution in [1.29, 1.82) is 0 Å². The number of anilines is 1. The number of aliphatic imine (C=N–C) groups is 1. The number of nitrogens with zero attached hydrogens (tertiary/aromatic N) is 5. The van der Waals surface area contributed by atoms with Crippen LogP contribution in [0, 0.1) is 5.92 Å². The summed E-state index contributed by atoms with van der Waals surface area (Å²) in [7, 11) is 0. The minimum absolute atomic E-state index is 0.616. The predicted octanol–water partition coefficient (Wildman–Crippen LogP) is 2.55. The lowest BCUT2D eigenvalue weighted by Gasteiger charge is -2.36. The van der Waals surface area contributed by atoms with Gasteiger partial charge in [-0.3, -0.25) is 0 Å². The lowest BCUT2D eigenvalue weighted by molar-refractivity contribution is 0.297. The van der Waals surface area contributed by atoms with E-state index in [4.69, 9.17) is 9.73 Å². The van der Waals surface area contributed by atoms with E-state index in [0.717, 1.165) is 68.5 Å². The number of ether oxygens (including phenoxy) is 1. The maximum atomic E-state index is 6.04. The molecular formula is C22H30N6O. The first-order valence-electron chi connectivity index (χ1n) is 10.6. The second kappa shape index (κ2) is 9.58. The van der Waals surface area contributed by atoms with Crippen molar-refractivity contribution >= 4 is 11.9 Å². The fourth-order valence-electron chi connectivity index (χ4n) is 3.43. The number of benzene rings is 1. The van der Waals surface area contributed by atoms with Crippen molar-refractivity contribution in [1.82, 2.24) is 20.2 Å². The molecule has 7 nitrogen and oxygen atoms in total. The zero-order valence-corrected chi connectivity index (χ0v) is 17.1. The Balaban J connectivity index is 1.38. The van der Waals surface area contributed by atoms with Crippen molar-refractivity contribution in [2.75, 3.05) is 44.2 Å². The minimum Gasteiger partial charge on any atom is -0.493 e. The number of hydrogen-bond acceptors (Lipinski definition) is 5. The van der Waals surface area contributed by atoms with Crippen LogP contribution in [0.25, 0.3) is 0 Å². The summed E-state index contributed by atoms with van der Waals surface area (Å²) in [6.45, 7) is 7.95. The number of piperazine rings is 1. The highest BCUT2D eigenvalue weighted by molar-refractivity contribution is 5.80. The first-order chi connectivity index (χ1) is 14.3. The second-order valence-corrected chi connectivity index (χ2v) is 7.56. The summed E-state index contributed by atoms with van der Waals surface area (Å²) < 4.78 is 6.04. The molecule has 2 fully saturated rings. The van der Waals surface area contributed by atoms with E-state index in [1.807, 2.05) is 12.1 Å². The molecule has 29 heavy (non-hydrogen) atoms. The molecule has 1 aliphatic heterocycles. The van der Waals surface area contributed by atoms with E-state index in [1.165, 1.54) is 12.8 Å². The van der Waals surface area contributed by atoms with Crippen LogP contribution >= 0.6 is 0 Å². The lowest BCUT2D eigenvalue weighted by atomic mass is 10.2. The predicted molar refractivity (Wildman–Crippen MR) is 115 cm³/mol. The molecule has 0 amide bonds. The molecular weight excluding hydrogens is 364 g/mol. The largest absolute Gasteiger partial charge is 0.493 e. The van der Waals surface area contributed by atoms with Crippen molar-refractivity contribution in [2.45, 2.75) is 26.3 Å². The van der Waals surface area contributed by atoms with Crippen molar-refractivity contribution in [3.05, 3.63) is 48.3 Å². The summed E-state index contributed by atoms with van der Waals surface area (Å²) >= 11 is 0. The van der Waals surface area contributed by atoms with E-state index >= 15 is 0 Å². The van der Waals surface area contributed by atoms with Gasteiger partial charge < -0.3 is 19.9 Å². The van der Waals surface area contributed by atoms with Crippen LogP contribution < -0.4 is 15.0 Å². The Morgan fingerprint density at radius 2 is 1.86 bits per heavy atom. The number of guanidine groups is 1. The Morgan fingerprint density at radius 1 is 1.10 bits per heavy atom. The SMILES string of the molecule is CCNC(=NCc1ccccc1OCC1CC1)N1CCN(c2ncccn2)CC1. The molecule has 1 aromatic heterocycles. The Bertz CT molecular complexity index is 800. The summed E-state index contributed by atoms with van der Waals surface area (Å²) in [5.74, 6) is 3.47. The molecule has 0 unspecified atom stereocenters. The number of rotatable bonds is 7. The molecule has 0 spiro atoms. The number of para-hydroxylation sites is 1. The highest BCUT2D eigenvalue weighted by atomic mass is 16.5. The molecule has 1 saturated heterocycles. The summed E-state index contributed by atoms with van der Waals surface area (Å²) in [6.07, 6.45) is 6.18. The van der Waals surface area contributed by atoms with Gasteiger partial charge in [0.1, 0.15) is 5.75 Å². The van der Waals surface area contributed by atoms with Gasteiger partial charge in [0.25, 0.3) is 0 Å². The molecule has 7 heteroatoms. The fourth-order valence-corrected chi connectivity index (χ4v) is 3.43. The van der Waals surface area contributed by atoms with Crippen LogP contribution in [0.15, 0.2) is 47.7 Å². The van der Waals surface area contributed by atoms with Crippen LogP contribution in [0.5, 0.6) is 5.75 Å². The van der Waals surface area contributed by atoms with Crippen LogP contribution in [0.1, 0.15) is 25.3 Å². The van der Waals surface area contributed by atoms with Crippen LogP contribution in [-0.2, 0) is 6.54 Å². The molecule has 1 N–H and O–H groups in total. The lowest BCUT2D eigenvalue weighted by Crippen LogP contribution is -2.52. The minimum atomic E-state index is 0.616. The van der Waals surface area contributed by atoms with E-state index < -0.39 is 0 Å². The van der Waals surface area contributed by atoms with E-state index in [9.17, 15) is 0 Å². The van der Waals surface area contributed by atoms with E-state index in [2.05, 4.69) is 50.2 Å². The van der Waals surface area contributed by atoms with E-state index in [1.54, 1.807) is 12.4 Å². The molecule has 0 atom stereocenters. The monoisotopic (exact) mass is 394 g/mol. The summed E-state index contributed by atoms with van der Waals surface area (Å²) in [5.41, 5.74) is 1.14. The Hall–Kier alpha value is -2.83. The maximum Gasteiger partial charge on any atom is 0.225 e. The van der Waals surface area contributed by atoms with Crippen molar-refractivity contribution in [3.8, 4) is 5.75 Å². The highest BCUT2D eigenvalue weighted by Gasteiger charge is 2.23. The van der Waals surface area contributed by atoms with Gasteiger partial charge >= 0.3 is 0 Å². The molecule has 154 valence electrons. The zero-order valence-electron chi connectivity index (χ0n) is 17.1. The van der Waals surface area contributed by atoms with Crippen molar-refractivity contribution < 1.29 is 4.74 Å². The standard InChI is InChI=1S/C22H30N6O/c1-2-23-21(27-12-14-28(15-13-27)22-24-10-5-11-25-22)26-16-19-6-3-4-7-20(19)29-17-18-8-9-18/h3-7,10-11,18H,2,8-9,12-17H2,1H3,(H,23,26). The van der Waals surface area contributed by atoms with Gasteiger partial charge in [-0.25, -0.2) is 15.0 Å². The van der Waals surface area contributed by atoms with Gasteiger partial charge in [0.2, 0.25) is 5.95 Å². The quantitative estimate of drug-likeness (QED) is 0.575. The topological polar surface area (TPSA) is 65.9 Å². The molecule has 0 radical (unpaired) electrons. The molecule has 4 rings (SSSR count). The summed E-state index contributed by atoms with van der Waals surface area (Å²) in [5, 5.41) is 3.44. The van der Waals surface area contributed by atoms with Gasteiger partial charge in [0, 0.05) is 50.7 Å². The van der Waals surface area contributed by atoms with Crippen molar-refractivity contribution in [3.63, 3.8) is 0 Å². The molecule has 0 bridgehead atoms. The molecule has 1 saturated carbocycles. The smallest absolute Gasteiger partial charge is 0.225 e. The Labute approximate surface area is 172 Å². The molecule has 1 aliphatic carbocycles. The first kappa shape index (κ1) is 19.5. The van der Waals surface area contributed by atoms with Gasteiger partial charge in [-0.05, 0) is 37.8 Å². The third-order valence-corrected chi connectivity index (χ3v) is 5.29. The third kappa shape index (κ3) is 5.37. The normalized spacial score (nSPS) is 17.3. The maximum absolute atomic E-state index is 6.04. The molecule has 2 heterocycles. The van der Waals surface area contributed by atoms with Gasteiger partial charge in [-0.2, -0.15) is 0 Å². The average molecular weight is 395 g/mol. The zero-order chi connectivity index (χ0) is 19.9. The average Bonchev–Trinajstić information content (AvgIpc) is 3.61. The van der Waals surface area contributed by atoms with Gasteiger partial charge in [-0.1, -0.05) is 18.2 Å². The molecule has 2 aliphatic rings. The van der Waals surface area contributed by atoms with E-state index in [0.29, 0.717) is 6.54 Å². The second-order valence-electron chi connectivity index (χ2n) is 7.56. The van der Waals surface area contributed by atoms with E-state index in [-0.39, 0.29) is 0 Å². The van der Waals surface area contributed by atoms with Crippen LogP contribution in [-0.4, -0.2) is 60.2 Å². The van der Waals surface area contributed by atoms with Crippen LogP contribution in [0.2, 0.25) is 0 Å². The Kier molecular flexibility index (Phi) is 6.44. The number of aromatic nitrogens is 2. The van der Waals surface area contributed by atoms with Gasteiger partial charge in [-0.15, -0.1) is 0 Å². The van der Waals surface area contributed by atoms with Gasteiger partial charge in [0.15, 0.2) is 5.96 Å². The highest BCUT2D eigenvalue weighted by Crippen LogP contribution is 2.30. The first-order valence-corrected chi connectivity index (χ1v) is 10.6. The molecule has 1 aromatic carbocycles. The van der Waals surface area contributed by atoms with Crippen LogP contribution in [0.4, 0.5) is 5.95 Å². The summed E-state index contributed by atoms with van der Waals surface area (Å²) in [6, 6.07) is 10.1. The van der Waals surface area contributed by atoms with Crippen LogP contribution in [0.3, 0.4) is 0 Å². The number of hydrogen-bond donors (Lipinski definition) is 1. The molecule has 2 aromatic rings. The Morgan fingerprint density at radius 3 is 2.59 bits per heavy atom. The van der Waals surface area contributed by atoms with Crippen molar-refractivity contribution in [2.24, 2.45) is 10.9 Å². The van der Waals surface area contributed by atoms with Gasteiger partial charge in [0.05, 0.1) is 13.2 Å². The summed E-state index contributed by atoms with van der Waals surface area (Å²) in [4.78, 5) is 18.2. The number of nitrogens with one attached hydrogen (secondary N) is 1.